The fourth-order valence-electron chi connectivity index (χ4n) is 5.64. The number of pyridine rings is 2. The topological polar surface area (TPSA) is 119 Å². The molecule has 6 rings (SSSR count). The molecule has 3 aliphatic rings. The Morgan fingerprint density at radius 2 is 2.23 bits per heavy atom. The first-order chi connectivity index (χ1) is 16.8. The third-order valence-electron chi connectivity index (χ3n) is 7.65. The van der Waals surface area contributed by atoms with E-state index < -0.39 is 5.82 Å². The van der Waals surface area contributed by atoms with E-state index in [1.54, 1.807) is 6.92 Å². The van der Waals surface area contributed by atoms with Crippen LogP contribution in [0.25, 0.3) is 10.2 Å². The van der Waals surface area contributed by atoms with E-state index in [1.165, 1.54) is 17.4 Å². The van der Waals surface area contributed by atoms with E-state index in [-0.39, 0.29) is 29.3 Å². The Morgan fingerprint density at radius 3 is 3.03 bits per heavy atom. The van der Waals surface area contributed by atoms with Crippen LogP contribution in [-0.4, -0.2) is 53.3 Å². The Bertz CT molecular complexity index is 1320. The number of anilines is 2. The summed E-state index contributed by atoms with van der Waals surface area (Å²) >= 11 is 1.20. The van der Waals surface area contributed by atoms with E-state index in [0.717, 1.165) is 62.5 Å². The van der Waals surface area contributed by atoms with Crippen LogP contribution < -0.4 is 21.7 Å². The summed E-state index contributed by atoms with van der Waals surface area (Å²) in [6.07, 6.45) is 4.35. The van der Waals surface area contributed by atoms with E-state index >= 15 is 0 Å². The van der Waals surface area contributed by atoms with Gasteiger partial charge in [-0.05, 0) is 56.7 Å². The van der Waals surface area contributed by atoms with Gasteiger partial charge in [-0.25, -0.2) is 14.4 Å². The third-order valence-corrected chi connectivity index (χ3v) is 8.76. The number of fused-ring (bicyclic) bond motifs is 2. The molecule has 0 radical (unpaired) electrons. The summed E-state index contributed by atoms with van der Waals surface area (Å²) in [5.74, 6) is 0.281. The van der Waals surface area contributed by atoms with E-state index in [0.29, 0.717) is 27.2 Å². The second-order valence-corrected chi connectivity index (χ2v) is 10.9. The van der Waals surface area contributed by atoms with Gasteiger partial charge < -0.3 is 26.4 Å². The summed E-state index contributed by atoms with van der Waals surface area (Å²) in [7, 11) is 0. The number of thiophene rings is 1. The average molecular weight is 497 g/mol. The van der Waals surface area contributed by atoms with Crippen LogP contribution in [0.15, 0.2) is 18.2 Å². The quantitative estimate of drug-likeness (QED) is 0.510. The largest absolute Gasteiger partial charge is 0.397 e. The van der Waals surface area contributed by atoms with E-state index in [2.05, 4.69) is 27.3 Å². The number of carbonyl (C=O) groups excluding carboxylic acids is 1. The van der Waals surface area contributed by atoms with Crippen molar-refractivity contribution in [2.45, 2.75) is 56.7 Å². The number of nitrogen functional groups attached to an aromatic ring is 1. The highest BCUT2D eigenvalue weighted by atomic mass is 32.1. The van der Waals surface area contributed by atoms with Crippen LogP contribution in [0.1, 0.15) is 45.9 Å². The van der Waals surface area contributed by atoms with Crippen LogP contribution in [0, 0.1) is 12.7 Å². The zero-order chi connectivity index (χ0) is 24.3. The predicted octanol–water partition coefficient (Wildman–Crippen LogP) is 2.70. The van der Waals surface area contributed by atoms with Crippen molar-refractivity contribution in [1.82, 2.24) is 15.3 Å². The number of ether oxygens (including phenoxy) is 1. The van der Waals surface area contributed by atoms with Crippen molar-refractivity contribution in [3.05, 3.63) is 45.8 Å². The normalized spacial score (nSPS) is 26.0. The van der Waals surface area contributed by atoms with Crippen LogP contribution in [-0.2, 0) is 17.6 Å². The molecule has 1 amide bonds. The van der Waals surface area contributed by atoms with Gasteiger partial charge in [-0.1, -0.05) is 6.07 Å². The zero-order valence-electron chi connectivity index (χ0n) is 19.6. The van der Waals surface area contributed by atoms with Crippen molar-refractivity contribution in [3.8, 4) is 0 Å². The van der Waals surface area contributed by atoms with Gasteiger partial charge >= 0.3 is 0 Å². The highest BCUT2D eigenvalue weighted by Gasteiger charge is 2.48. The molecule has 8 nitrogen and oxygen atoms in total. The molecule has 3 aromatic heterocycles. The molecule has 3 aromatic rings. The molecule has 10 heteroatoms. The molecule has 0 aromatic carbocycles. The van der Waals surface area contributed by atoms with E-state index in [9.17, 15) is 9.18 Å². The fourth-order valence-corrected chi connectivity index (χ4v) is 6.67. The number of hydrogen-bond acceptors (Lipinski definition) is 8. The van der Waals surface area contributed by atoms with Gasteiger partial charge in [0.15, 0.2) is 0 Å². The lowest BCUT2D eigenvalue weighted by Gasteiger charge is -2.28. The van der Waals surface area contributed by atoms with Crippen LogP contribution >= 0.6 is 11.3 Å². The molecule has 0 bridgehead atoms. The number of aromatic nitrogens is 2. The number of rotatable bonds is 3. The maximum Gasteiger partial charge on any atom is 0.263 e. The number of aryl methyl sites for hydroxylation is 2. The lowest BCUT2D eigenvalue weighted by Crippen LogP contribution is -2.46. The van der Waals surface area contributed by atoms with Crippen molar-refractivity contribution in [2.75, 3.05) is 30.3 Å². The predicted molar refractivity (Wildman–Crippen MR) is 134 cm³/mol. The van der Waals surface area contributed by atoms with Gasteiger partial charge in [0.2, 0.25) is 0 Å². The number of nitrogens with one attached hydrogen (secondary N) is 1. The van der Waals surface area contributed by atoms with Crippen molar-refractivity contribution in [2.24, 2.45) is 5.73 Å². The molecule has 3 atom stereocenters. The zero-order valence-corrected chi connectivity index (χ0v) is 20.5. The van der Waals surface area contributed by atoms with Crippen LogP contribution in [0.3, 0.4) is 0 Å². The second kappa shape index (κ2) is 8.39. The molecule has 1 spiro atoms. The van der Waals surface area contributed by atoms with Crippen molar-refractivity contribution < 1.29 is 13.9 Å². The first kappa shape index (κ1) is 22.6. The SMILES string of the molecule is Cc1nc2sc(C(=O)NC3CCc4nc(N5CC(N)C6(CCCO6)C5)ccc4C3)c(N)c2cc1F. The van der Waals surface area contributed by atoms with Gasteiger partial charge in [-0.3, -0.25) is 4.79 Å². The molecular formula is C25H29FN6O2S. The molecule has 35 heavy (non-hydrogen) atoms. The summed E-state index contributed by atoms with van der Waals surface area (Å²) in [5, 5.41) is 3.60. The molecule has 3 unspecified atom stereocenters. The number of nitrogens with zero attached hydrogens (tertiary/aromatic N) is 3. The molecule has 184 valence electrons. The minimum Gasteiger partial charge on any atom is -0.397 e. The van der Waals surface area contributed by atoms with Crippen molar-refractivity contribution >= 4 is 39.0 Å². The van der Waals surface area contributed by atoms with Gasteiger partial charge in [0.25, 0.3) is 5.91 Å². The summed E-state index contributed by atoms with van der Waals surface area (Å²) in [5.41, 5.74) is 15.2. The number of halogens is 1. The maximum absolute atomic E-state index is 13.9. The second-order valence-electron chi connectivity index (χ2n) is 9.95. The average Bonchev–Trinajstić information content (AvgIpc) is 3.53. The minimum absolute atomic E-state index is 0.000584. The third kappa shape index (κ3) is 3.84. The Hall–Kier alpha value is -2.82. The molecule has 1 aliphatic carbocycles. The number of amides is 1. The van der Waals surface area contributed by atoms with E-state index in [4.69, 9.17) is 21.2 Å². The standard InChI is InChI=1S/C25H29FN6O2S/c1-13-17(26)10-16-21(28)22(35-24(16)29-13)23(33)30-15-4-5-18-14(9-15)3-6-20(31-18)32-11-19(27)25(12-32)7-2-8-34-25/h3,6,10,15,19H,2,4-5,7-9,11-12,27-28H2,1H3,(H,30,33). The minimum atomic E-state index is -0.424. The van der Waals surface area contributed by atoms with Gasteiger partial charge in [0.1, 0.15) is 26.9 Å². The van der Waals surface area contributed by atoms with Crippen LogP contribution in [0.4, 0.5) is 15.9 Å². The molecule has 5 N–H and O–H groups in total. The van der Waals surface area contributed by atoms with Crippen LogP contribution in [0.2, 0.25) is 0 Å². The van der Waals surface area contributed by atoms with Crippen LogP contribution in [0.5, 0.6) is 0 Å². The molecule has 2 saturated heterocycles. The molecule has 2 fully saturated rings. The Labute approximate surface area is 206 Å². The Balaban J connectivity index is 1.15. The smallest absolute Gasteiger partial charge is 0.263 e. The van der Waals surface area contributed by atoms with Gasteiger partial charge in [0.05, 0.1) is 24.0 Å². The summed E-state index contributed by atoms with van der Waals surface area (Å²) in [6.45, 7) is 3.92. The monoisotopic (exact) mass is 496 g/mol. The molecule has 2 aliphatic heterocycles. The van der Waals surface area contributed by atoms with Crippen molar-refractivity contribution in [1.29, 1.82) is 0 Å². The lowest BCUT2D eigenvalue weighted by molar-refractivity contribution is 0.0108. The Kier molecular flexibility index (Phi) is 5.43. The lowest BCUT2D eigenvalue weighted by atomic mass is 9.91. The number of carbonyl (C=O) groups is 1. The maximum atomic E-state index is 13.9. The summed E-state index contributed by atoms with van der Waals surface area (Å²) in [4.78, 5) is 25.4. The Morgan fingerprint density at radius 1 is 1.37 bits per heavy atom. The van der Waals surface area contributed by atoms with E-state index in [1.807, 2.05) is 0 Å². The molecular weight excluding hydrogens is 467 g/mol. The molecule has 0 saturated carbocycles. The number of nitrogens with two attached hydrogens (primary N) is 2. The van der Waals surface area contributed by atoms with Gasteiger partial charge in [-0.15, -0.1) is 11.3 Å². The van der Waals surface area contributed by atoms with Crippen molar-refractivity contribution in [3.63, 3.8) is 0 Å². The van der Waals surface area contributed by atoms with Gasteiger partial charge in [-0.2, -0.15) is 0 Å². The summed E-state index contributed by atoms with van der Waals surface area (Å²) in [6, 6.07) is 5.50. The first-order valence-electron chi connectivity index (χ1n) is 12.1. The summed E-state index contributed by atoms with van der Waals surface area (Å²) < 4.78 is 20.0. The van der Waals surface area contributed by atoms with Gasteiger partial charge in [0, 0.05) is 30.3 Å². The highest BCUT2D eigenvalue weighted by molar-refractivity contribution is 7.21. The fraction of sp³-hybridized carbons (Fsp3) is 0.480. The number of hydrogen-bond donors (Lipinski definition) is 3. The molecule has 5 heterocycles. The highest BCUT2D eigenvalue weighted by Crippen LogP contribution is 2.37. The first-order valence-corrected chi connectivity index (χ1v) is 12.9.